The van der Waals surface area contributed by atoms with Crippen LogP contribution < -0.4 is 11.1 Å². The summed E-state index contributed by atoms with van der Waals surface area (Å²) in [5.74, 6) is 0.280. The van der Waals surface area contributed by atoms with Gasteiger partial charge in [0.05, 0.1) is 5.69 Å². The Balaban J connectivity index is 1.50. The molecule has 0 bridgehead atoms. The topological polar surface area (TPSA) is 78.7 Å². The summed E-state index contributed by atoms with van der Waals surface area (Å²) in [7, 11) is 0. The third-order valence-electron chi connectivity index (χ3n) is 4.64. The van der Waals surface area contributed by atoms with Gasteiger partial charge in [0.2, 0.25) is 5.91 Å². The first-order valence-corrected chi connectivity index (χ1v) is 10.4. The Morgan fingerprint density at radius 2 is 1.64 bits per heavy atom. The van der Waals surface area contributed by atoms with E-state index in [1.54, 1.807) is 0 Å². The Bertz CT molecular complexity index is 792. The van der Waals surface area contributed by atoms with Crippen LogP contribution in [0.15, 0.2) is 59.5 Å². The average molecular weight is 399 g/mol. The van der Waals surface area contributed by atoms with Crippen molar-refractivity contribution in [3.8, 4) is 0 Å². The molecule has 148 valence electrons. The molecule has 7 heteroatoms. The van der Waals surface area contributed by atoms with Crippen LogP contribution in [0.4, 0.5) is 10.5 Å². The van der Waals surface area contributed by atoms with Crippen molar-refractivity contribution in [3.05, 3.63) is 60.2 Å². The molecule has 6 nitrogen and oxygen atoms in total. The highest BCUT2D eigenvalue weighted by Crippen LogP contribution is 2.27. The zero-order chi connectivity index (χ0) is 19.8. The Kier molecular flexibility index (Phi) is 7.33. The Labute approximate surface area is 170 Å². The fourth-order valence-electron chi connectivity index (χ4n) is 3.10. The Hall–Kier alpha value is -2.51. The van der Waals surface area contributed by atoms with Crippen LogP contribution in [0.2, 0.25) is 0 Å². The maximum absolute atomic E-state index is 12.7. The van der Waals surface area contributed by atoms with E-state index in [-0.39, 0.29) is 11.9 Å². The van der Waals surface area contributed by atoms with Crippen LogP contribution in [0.1, 0.15) is 12.0 Å². The molecule has 0 spiro atoms. The summed E-state index contributed by atoms with van der Waals surface area (Å²) in [5, 5.41) is 3.01. The minimum atomic E-state index is -0.317. The lowest BCUT2D eigenvalue weighted by molar-refractivity contribution is -0.117. The minimum absolute atomic E-state index is 0.0812. The average Bonchev–Trinajstić information content (AvgIpc) is 2.70. The molecule has 0 saturated carbocycles. The van der Waals surface area contributed by atoms with Gasteiger partial charge in [-0.25, -0.2) is 4.79 Å². The molecule has 2 aromatic carbocycles. The van der Waals surface area contributed by atoms with E-state index < -0.39 is 0 Å². The van der Waals surface area contributed by atoms with Crippen molar-refractivity contribution in [2.24, 2.45) is 5.73 Å². The van der Waals surface area contributed by atoms with Crippen molar-refractivity contribution in [2.75, 3.05) is 37.2 Å². The molecule has 3 N–H and O–H groups in total. The molecule has 0 aliphatic carbocycles. The molecule has 28 heavy (non-hydrogen) atoms. The lowest BCUT2D eigenvalue weighted by Crippen LogP contribution is -2.49. The van der Waals surface area contributed by atoms with Crippen LogP contribution in [-0.2, 0) is 11.3 Å². The lowest BCUT2D eigenvalue weighted by atomic mass is 10.2. The number of rotatable bonds is 7. The van der Waals surface area contributed by atoms with E-state index in [9.17, 15) is 9.59 Å². The number of amides is 3. The zero-order valence-corrected chi connectivity index (χ0v) is 16.7. The van der Waals surface area contributed by atoms with Crippen LogP contribution in [0, 0.1) is 0 Å². The monoisotopic (exact) mass is 398 g/mol. The first-order valence-electron chi connectivity index (χ1n) is 9.44. The second-order valence-electron chi connectivity index (χ2n) is 6.74. The molecule has 1 fully saturated rings. The van der Waals surface area contributed by atoms with Crippen molar-refractivity contribution in [2.45, 2.75) is 17.9 Å². The predicted molar refractivity (Wildman–Crippen MR) is 113 cm³/mol. The van der Waals surface area contributed by atoms with Crippen LogP contribution in [-0.4, -0.2) is 53.7 Å². The molecule has 1 heterocycles. The number of benzene rings is 2. The second kappa shape index (κ2) is 10.1. The van der Waals surface area contributed by atoms with Crippen molar-refractivity contribution < 1.29 is 9.59 Å². The van der Waals surface area contributed by atoms with Gasteiger partial charge in [0.1, 0.15) is 0 Å². The van der Waals surface area contributed by atoms with Crippen LogP contribution in [0.3, 0.4) is 0 Å². The fraction of sp³-hybridized carbons (Fsp3) is 0.333. The van der Waals surface area contributed by atoms with E-state index in [1.165, 1.54) is 17.3 Å². The normalized spacial score (nSPS) is 14.6. The number of nitrogens with one attached hydrogen (secondary N) is 1. The van der Waals surface area contributed by atoms with Gasteiger partial charge in [0.25, 0.3) is 0 Å². The number of nitrogens with two attached hydrogens (primary N) is 1. The highest BCUT2D eigenvalue weighted by atomic mass is 32.2. The number of urea groups is 1. The van der Waals surface area contributed by atoms with E-state index in [0.29, 0.717) is 25.3 Å². The summed E-state index contributed by atoms with van der Waals surface area (Å²) >= 11 is 1.52. The number of piperazine rings is 1. The summed E-state index contributed by atoms with van der Waals surface area (Å²) in [4.78, 5) is 28.8. The number of carbonyl (C=O) groups excluding carboxylic acids is 2. The van der Waals surface area contributed by atoms with Gasteiger partial charge in [-0.05, 0) is 17.7 Å². The van der Waals surface area contributed by atoms with Gasteiger partial charge < -0.3 is 16.0 Å². The summed E-state index contributed by atoms with van der Waals surface area (Å²) < 4.78 is 0. The molecule has 3 amide bonds. The minimum Gasteiger partial charge on any atom is -0.370 e. The standard InChI is InChI=1S/C21H26N4O2S/c22-20(26)10-15-28-19-9-5-4-8-18(19)23-21(27)25-13-11-24(12-14-25)16-17-6-2-1-3-7-17/h1-9H,10-16H2,(H2,22,26)(H,23,27). The molecule has 1 aliphatic rings. The highest BCUT2D eigenvalue weighted by molar-refractivity contribution is 7.99. The SMILES string of the molecule is NC(=O)CCSc1ccccc1NC(=O)N1CCN(Cc2ccccc2)CC1. The molecule has 0 atom stereocenters. The van der Waals surface area contributed by atoms with Gasteiger partial charge in [-0.1, -0.05) is 42.5 Å². The van der Waals surface area contributed by atoms with Crippen molar-refractivity contribution in [3.63, 3.8) is 0 Å². The molecule has 3 rings (SSSR count). The zero-order valence-electron chi connectivity index (χ0n) is 15.8. The number of anilines is 1. The Morgan fingerprint density at radius 1 is 0.964 bits per heavy atom. The third-order valence-corrected chi connectivity index (χ3v) is 5.72. The maximum atomic E-state index is 12.7. The van der Waals surface area contributed by atoms with Crippen molar-refractivity contribution in [1.82, 2.24) is 9.80 Å². The third kappa shape index (κ3) is 6.00. The predicted octanol–water partition coefficient (Wildman–Crippen LogP) is 3.00. The van der Waals surface area contributed by atoms with Gasteiger partial charge >= 0.3 is 6.03 Å². The van der Waals surface area contributed by atoms with Gasteiger partial charge in [-0.15, -0.1) is 11.8 Å². The number of para-hydroxylation sites is 1. The number of hydrogen-bond donors (Lipinski definition) is 2. The van der Waals surface area contributed by atoms with Gasteiger partial charge in [-0.3, -0.25) is 9.69 Å². The first-order chi connectivity index (χ1) is 13.6. The quantitative estimate of drug-likeness (QED) is 0.703. The number of primary amides is 1. The fourth-order valence-corrected chi connectivity index (χ4v) is 4.07. The van der Waals surface area contributed by atoms with Gasteiger partial charge in [0.15, 0.2) is 0 Å². The number of nitrogens with zero attached hydrogens (tertiary/aromatic N) is 2. The molecule has 0 aromatic heterocycles. The van der Waals surface area contributed by atoms with E-state index in [0.717, 1.165) is 30.2 Å². The highest BCUT2D eigenvalue weighted by Gasteiger charge is 2.21. The summed E-state index contributed by atoms with van der Waals surface area (Å²) in [6.45, 7) is 4.04. The lowest BCUT2D eigenvalue weighted by Gasteiger charge is -2.34. The summed E-state index contributed by atoms with van der Waals surface area (Å²) in [5.41, 5.74) is 7.27. The molecule has 0 unspecified atom stereocenters. The molecular formula is C21H26N4O2S. The summed E-state index contributed by atoms with van der Waals surface area (Å²) in [6.07, 6.45) is 0.316. The largest absolute Gasteiger partial charge is 0.370 e. The summed E-state index contributed by atoms with van der Waals surface area (Å²) in [6, 6.07) is 18.0. The first kappa shape index (κ1) is 20.2. The van der Waals surface area contributed by atoms with Gasteiger partial charge in [-0.2, -0.15) is 0 Å². The molecule has 1 aliphatic heterocycles. The van der Waals surface area contributed by atoms with Crippen LogP contribution in [0.25, 0.3) is 0 Å². The molecule has 0 radical (unpaired) electrons. The molecule has 1 saturated heterocycles. The molecular weight excluding hydrogens is 372 g/mol. The van der Waals surface area contributed by atoms with Crippen molar-refractivity contribution in [1.29, 1.82) is 0 Å². The van der Waals surface area contributed by atoms with Gasteiger partial charge in [0, 0.05) is 49.8 Å². The van der Waals surface area contributed by atoms with Crippen LogP contribution in [0.5, 0.6) is 0 Å². The smallest absolute Gasteiger partial charge is 0.321 e. The van der Waals surface area contributed by atoms with Crippen LogP contribution >= 0.6 is 11.8 Å². The molecule has 2 aromatic rings. The second-order valence-corrected chi connectivity index (χ2v) is 7.88. The van der Waals surface area contributed by atoms with Crippen molar-refractivity contribution >= 4 is 29.4 Å². The Morgan fingerprint density at radius 3 is 2.36 bits per heavy atom. The maximum Gasteiger partial charge on any atom is 0.321 e. The van der Waals surface area contributed by atoms with E-state index in [4.69, 9.17) is 5.73 Å². The number of carbonyl (C=O) groups is 2. The van der Waals surface area contributed by atoms with E-state index in [1.807, 2.05) is 35.2 Å². The number of thioether (sulfide) groups is 1. The number of hydrogen-bond acceptors (Lipinski definition) is 4. The van der Waals surface area contributed by atoms with E-state index >= 15 is 0 Å². The van der Waals surface area contributed by atoms with E-state index in [2.05, 4.69) is 34.5 Å².